The van der Waals surface area contributed by atoms with Gasteiger partial charge in [-0.15, -0.1) is 0 Å². The molecule has 6 heteroatoms. The van der Waals surface area contributed by atoms with Crippen molar-refractivity contribution in [1.82, 2.24) is 4.90 Å². The van der Waals surface area contributed by atoms with Gasteiger partial charge in [0.1, 0.15) is 0 Å². The summed E-state index contributed by atoms with van der Waals surface area (Å²) in [6, 6.07) is 0. The Kier molecular flexibility index (Phi) is 11.2. The minimum atomic E-state index is -0.397. The van der Waals surface area contributed by atoms with Crippen LogP contribution in [0.3, 0.4) is 0 Å². The molecule has 0 rings (SSSR count). The second kappa shape index (κ2) is 12.3. The third kappa shape index (κ3) is 10.6. The summed E-state index contributed by atoms with van der Waals surface area (Å²) in [4.78, 5) is 35.9. The lowest BCUT2D eigenvalue weighted by atomic mass is 10.2. The van der Waals surface area contributed by atoms with Crippen LogP contribution in [-0.4, -0.2) is 49.6 Å². The summed E-state index contributed by atoms with van der Waals surface area (Å²) in [5, 5.41) is 0. The van der Waals surface area contributed by atoms with Gasteiger partial charge in [-0.1, -0.05) is 13.2 Å². The van der Waals surface area contributed by atoms with Crippen LogP contribution < -0.4 is 0 Å². The highest BCUT2D eigenvalue weighted by Gasteiger charge is 2.09. The molecule has 0 saturated heterocycles. The van der Waals surface area contributed by atoms with E-state index in [0.29, 0.717) is 56.6 Å². The van der Waals surface area contributed by atoms with Crippen LogP contribution in [0.15, 0.2) is 24.3 Å². The number of ether oxygens (including phenoxy) is 2. The van der Waals surface area contributed by atoms with E-state index >= 15 is 0 Å². The number of amides is 1. The fraction of sp³-hybridized carbons (Fsp3) is 0.611. The molecule has 24 heavy (non-hydrogen) atoms. The molecule has 0 aliphatic rings. The van der Waals surface area contributed by atoms with Gasteiger partial charge in [0.25, 0.3) is 0 Å². The van der Waals surface area contributed by atoms with Crippen molar-refractivity contribution in [2.24, 2.45) is 0 Å². The second-order valence-electron chi connectivity index (χ2n) is 5.81. The molecule has 0 fully saturated rings. The average Bonchev–Trinajstić information content (AvgIpc) is 2.52. The maximum Gasteiger partial charge on any atom is 0.333 e. The summed E-state index contributed by atoms with van der Waals surface area (Å²) in [5.41, 5.74) is 0.760. The average molecular weight is 339 g/mol. The predicted octanol–water partition coefficient (Wildman–Crippen LogP) is 2.63. The molecule has 1 amide bonds. The molecule has 0 spiro atoms. The van der Waals surface area contributed by atoms with Crippen LogP contribution in [0.1, 0.15) is 46.0 Å². The lowest BCUT2D eigenvalue weighted by molar-refractivity contribution is -0.140. The van der Waals surface area contributed by atoms with Crippen LogP contribution in [0, 0.1) is 0 Å². The molecule has 0 heterocycles. The van der Waals surface area contributed by atoms with Crippen LogP contribution in [-0.2, 0) is 23.9 Å². The Morgan fingerprint density at radius 2 is 1.29 bits per heavy atom. The molecule has 0 saturated carbocycles. The van der Waals surface area contributed by atoms with Crippen molar-refractivity contribution in [1.29, 1.82) is 0 Å². The summed E-state index contributed by atoms with van der Waals surface area (Å²) in [5.74, 6) is -0.724. The van der Waals surface area contributed by atoms with Crippen LogP contribution in [0.2, 0.25) is 0 Å². The van der Waals surface area contributed by atoms with E-state index in [1.807, 2.05) is 0 Å². The minimum Gasteiger partial charge on any atom is -0.462 e. The van der Waals surface area contributed by atoms with Gasteiger partial charge in [0, 0.05) is 31.2 Å². The van der Waals surface area contributed by atoms with Gasteiger partial charge >= 0.3 is 11.9 Å². The zero-order valence-electron chi connectivity index (χ0n) is 15.1. The molecule has 0 aromatic rings. The number of carbonyl (C=O) groups excluding carboxylic acids is 3. The first-order valence-electron chi connectivity index (χ1n) is 8.15. The molecule has 0 aromatic carbocycles. The van der Waals surface area contributed by atoms with Crippen molar-refractivity contribution in [3.63, 3.8) is 0 Å². The van der Waals surface area contributed by atoms with E-state index in [1.54, 1.807) is 25.8 Å². The van der Waals surface area contributed by atoms with Crippen LogP contribution >= 0.6 is 0 Å². The second-order valence-corrected chi connectivity index (χ2v) is 5.81. The Morgan fingerprint density at radius 3 is 1.75 bits per heavy atom. The lowest BCUT2D eigenvalue weighted by Crippen LogP contribution is -2.27. The quantitative estimate of drug-likeness (QED) is 0.310. The number of hydrogen-bond acceptors (Lipinski definition) is 5. The minimum absolute atomic E-state index is 0.0557. The van der Waals surface area contributed by atoms with E-state index in [-0.39, 0.29) is 11.9 Å². The number of hydrogen-bond donors (Lipinski definition) is 0. The Labute approximate surface area is 144 Å². The van der Waals surface area contributed by atoms with Gasteiger partial charge in [-0.25, -0.2) is 9.59 Å². The Balaban J connectivity index is 3.66. The molecule has 6 nitrogen and oxygen atoms in total. The molecule has 0 unspecified atom stereocenters. The van der Waals surface area contributed by atoms with Gasteiger partial charge in [-0.2, -0.15) is 0 Å². The van der Waals surface area contributed by atoms with E-state index in [0.717, 1.165) is 6.42 Å². The number of rotatable bonds is 12. The SMILES string of the molecule is C=C(C)C(=O)OCCCCC(=O)N(C)CCCCOC(=O)C(=C)C. The predicted molar refractivity (Wildman–Crippen MR) is 92.3 cm³/mol. The van der Waals surface area contributed by atoms with E-state index in [9.17, 15) is 14.4 Å². The van der Waals surface area contributed by atoms with E-state index < -0.39 is 5.97 Å². The highest BCUT2D eigenvalue weighted by Crippen LogP contribution is 2.03. The van der Waals surface area contributed by atoms with Crippen molar-refractivity contribution in [2.45, 2.75) is 46.0 Å². The van der Waals surface area contributed by atoms with Crippen molar-refractivity contribution >= 4 is 17.8 Å². The third-order valence-corrected chi connectivity index (χ3v) is 3.26. The highest BCUT2D eigenvalue weighted by molar-refractivity contribution is 5.87. The molecule has 0 aliphatic carbocycles. The molecule has 0 radical (unpaired) electrons. The van der Waals surface area contributed by atoms with Gasteiger partial charge in [-0.05, 0) is 39.5 Å². The van der Waals surface area contributed by atoms with Gasteiger partial charge < -0.3 is 14.4 Å². The topological polar surface area (TPSA) is 72.9 Å². The summed E-state index contributed by atoms with van der Waals surface area (Å²) in [6.45, 7) is 11.5. The first-order valence-corrected chi connectivity index (χ1v) is 8.15. The number of nitrogens with zero attached hydrogens (tertiary/aromatic N) is 1. The molecule has 0 aromatic heterocycles. The van der Waals surface area contributed by atoms with Crippen molar-refractivity contribution in [3.05, 3.63) is 24.3 Å². The smallest absolute Gasteiger partial charge is 0.333 e. The Hall–Kier alpha value is -2.11. The molecule has 0 aliphatic heterocycles. The number of unbranched alkanes of at least 4 members (excludes halogenated alkanes) is 2. The maximum absolute atomic E-state index is 11.9. The van der Waals surface area contributed by atoms with Gasteiger partial charge in [0.2, 0.25) is 5.91 Å². The largest absolute Gasteiger partial charge is 0.462 e. The summed E-state index contributed by atoms with van der Waals surface area (Å²) < 4.78 is 9.95. The van der Waals surface area contributed by atoms with Crippen LogP contribution in [0.25, 0.3) is 0 Å². The molecule has 0 N–H and O–H groups in total. The Morgan fingerprint density at radius 1 is 0.833 bits per heavy atom. The first-order chi connectivity index (χ1) is 11.3. The van der Waals surface area contributed by atoms with Gasteiger partial charge in [0.15, 0.2) is 0 Å². The zero-order valence-corrected chi connectivity index (χ0v) is 15.1. The summed E-state index contributed by atoms with van der Waals surface area (Å²) in [7, 11) is 1.75. The zero-order chi connectivity index (χ0) is 18.5. The van der Waals surface area contributed by atoms with Gasteiger partial charge in [-0.3, -0.25) is 4.79 Å². The van der Waals surface area contributed by atoms with E-state index in [4.69, 9.17) is 9.47 Å². The molecule has 136 valence electrons. The monoisotopic (exact) mass is 339 g/mol. The van der Waals surface area contributed by atoms with Crippen LogP contribution in [0.5, 0.6) is 0 Å². The fourth-order valence-corrected chi connectivity index (χ4v) is 1.72. The fourth-order valence-electron chi connectivity index (χ4n) is 1.72. The standard InChI is InChI=1S/C18H29NO5/c1-14(2)17(21)23-12-8-6-10-16(20)19(5)11-7-9-13-24-18(22)15(3)4/h1,3,6-13H2,2,4-5H3. The van der Waals surface area contributed by atoms with Crippen LogP contribution in [0.4, 0.5) is 0 Å². The number of carbonyl (C=O) groups is 3. The normalized spacial score (nSPS) is 9.96. The van der Waals surface area contributed by atoms with Crippen molar-refractivity contribution in [3.8, 4) is 0 Å². The maximum atomic E-state index is 11.9. The van der Waals surface area contributed by atoms with E-state index in [1.165, 1.54) is 0 Å². The van der Waals surface area contributed by atoms with E-state index in [2.05, 4.69) is 13.2 Å². The van der Waals surface area contributed by atoms with Gasteiger partial charge in [0.05, 0.1) is 13.2 Å². The summed E-state index contributed by atoms with van der Waals surface area (Å²) >= 11 is 0. The number of esters is 2. The molecule has 0 atom stereocenters. The summed E-state index contributed by atoms with van der Waals surface area (Å²) in [6.07, 6.45) is 3.21. The lowest BCUT2D eigenvalue weighted by Gasteiger charge is -2.17. The molecular formula is C18H29NO5. The first kappa shape index (κ1) is 21.9. The third-order valence-electron chi connectivity index (χ3n) is 3.26. The molecular weight excluding hydrogens is 310 g/mol. The van der Waals surface area contributed by atoms with Crippen molar-refractivity contribution < 1.29 is 23.9 Å². The highest BCUT2D eigenvalue weighted by atomic mass is 16.5. The van der Waals surface area contributed by atoms with Crippen molar-refractivity contribution in [2.75, 3.05) is 26.8 Å². The molecule has 0 bridgehead atoms. The Bertz CT molecular complexity index is 470.